The third kappa shape index (κ3) is 2.63. The molecule has 0 heterocycles. The van der Waals surface area contributed by atoms with E-state index in [2.05, 4.69) is 0 Å². The molecule has 7 nitrogen and oxygen atoms in total. The Labute approximate surface area is 79.9 Å². The highest BCUT2D eigenvalue weighted by molar-refractivity contribution is 5.73. The number of rotatable bonds is 5. The molecule has 4 atom stereocenters. The summed E-state index contributed by atoms with van der Waals surface area (Å²) < 4.78 is 0. The summed E-state index contributed by atoms with van der Waals surface area (Å²) in [6, 6.07) is 0. The van der Waals surface area contributed by atoms with Crippen molar-refractivity contribution in [2.75, 3.05) is 6.61 Å². The Balaban J connectivity index is 4.67. The zero-order chi connectivity index (χ0) is 11.5. The molecule has 0 aromatic carbocycles. The summed E-state index contributed by atoms with van der Waals surface area (Å²) in [6.45, 7) is -0.0149. The van der Waals surface area contributed by atoms with Gasteiger partial charge < -0.3 is 30.6 Å². The second-order valence-electron chi connectivity index (χ2n) is 3.16. The fraction of sp³-hybridized carbons (Fsp3) is 0.857. The Hall–Kier alpha value is -0.730. The van der Waals surface area contributed by atoms with Crippen LogP contribution in [0.1, 0.15) is 6.92 Å². The average molecular weight is 210 g/mol. The van der Waals surface area contributed by atoms with Crippen molar-refractivity contribution in [2.24, 2.45) is 0 Å². The largest absolute Gasteiger partial charge is 0.479 e. The van der Waals surface area contributed by atoms with Gasteiger partial charge in [0.25, 0.3) is 0 Å². The molecule has 7 heteroatoms. The van der Waals surface area contributed by atoms with E-state index >= 15 is 0 Å². The highest BCUT2D eigenvalue weighted by Gasteiger charge is 2.45. The summed E-state index contributed by atoms with van der Waals surface area (Å²) in [7, 11) is 0. The van der Waals surface area contributed by atoms with E-state index in [9.17, 15) is 15.0 Å². The first-order valence-corrected chi connectivity index (χ1v) is 3.85. The predicted octanol–water partition coefficient (Wildman–Crippen LogP) is -3.10. The van der Waals surface area contributed by atoms with Gasteiger partial charge in [0.15, 0.2) is 6.10 Å². The first-order valence-electron chi connectivity index (χ1n) is 3.85. The van der Waals surface area contributed by atoms with Gasteiger partial charge in [0.1, 0.15) is 17.8 Å². The highest BCUT2D eigenvalue weighted by Crippen LogP contribution is 2.18. The number of aliphatic hydroxyl groups excluding tert-OH is 4. The number of aliphatic hydroxyl groups is 5. The van der Waals surface area contributed by atoms with Crippen molar-refractivity contribution >= 4 is 5.97 Å². The maximum atomic E-state index is 10.3. The molecule has 6 N–H and O–H groups in total. The molecule has 0 fully saturated rings. The molecule has 0 aromatic heterocycles. The molecular formula is C7H14O7. The number of carboxylic acids is 1. The number of carbonyl (C=O) groups is 1. The lowest BCUT2D eigenvalue weighted by Crippen LogP contribution is -2.57. The van der Waals surface area contributed by atoms with Crippen molar-refractivity contribution in [3.8, 4) is 0 Å². The summed E-state index contributed by atoms with van der Waals surface area (Å²) in [5.41, 5.74) is -2.44. The zero-order valence-electron chi connectivity index (χ0n) is 7.53. The van der Waals surface area contributed by atoms with Crippen LogP contribution in [0.3, 0.4) is 0 Å². The second-order valence-corrected chi connectivity index (χ2v) is 3.16. The number of hydrogen-bond acceptors (Lipinski definition) is 6. The summed E-state index contributed by atoms with van der Waals surface area (Å²) in [4.78, 5) is 10.3. The van der Waals surface area contributed by atoms with Crippen molar-refractivity contribution in [1.82, 2.24) is 0 Å². The lowest BCUT2D eigenvalue weighted by atomic mass is 9.89. The quantitative estimate of drug-likeness (QED) is 0.282. The molecule has 0 saturated heterocycles. The van der Waals surface area contributed by atoms with Crippen LogP contribution in [0, 0.1) is 0 Å². The van der Waals surface area contributed by atoms with E-state index in [0.29, 0.717) is 0 Å². The van der Waals surface area contributed by atoms with Crippen molar-refractivity contribution in [3.05, 3.63) is 0 Å². The standard InChI is InChI=1S/C7H14O7/c1-7(14,5(11)6(12)13)4(10)3(9)2-8/h3-5,8-11,14H,2H2,1H3,(H,12,13). The Morgan fingerprint density at radius 2 is 1.79 bits per heavy atom. The van der Waals surface area contributed by atoms with Crippen molar-refractivity contribution in [2.45, 2.75) is 30.8 Å². The van der Waals surface area contributed by atoms with Crippen LogP contribution < -0.4 is 0 Å². The van der Waals surface area contributed by atoms with Crippen LogP contribution in [0.15, 0.2) is 0 Å². The van der Waals surface area contributed by atoms with Crippen LogP contribution in [-0.4, -0.2) is 67.1 Å². The summed E-state index contributed by atoms with van der Waals surface area (Å²) in [5.74, 6) is -1.74. The molecule has 0 amide bonds. The molecule has 0 saturated carbocycles. The van der Waals surface area contributed by atoms with Gasteiger partial charge in [0.2, 0.25) is 0 Å². The first kappa shape index (κ1) is 13.3. The molecule has 84 valence electrons. The van der Waals surface area contributed by atoms with Gasteiger partial charge in [0, 0.05) is 0 Å². The van der Waals surface area contributed by atoms with E-state index in [1.54, 1.807) is 0 Å². The fourth-order valence-electron chi connectivity index (χ4n) is 0.901. The molecular weight excluding hydrogens is 196 g/mol. The third-order valence-corrected chi connectivity index (χ3v) is 1.94. The van der Waals surface area contributed by atoms with Crippen LogP contribution in [0.25, 0.3) is 0 Å². The van der Waals surface area contributed by atoms with Crippen LogP contribution >= 0.6 is 0 Å². The fourth-order valence-corrected chi connectivity index (χ4v) is 0.901. The molecule has 0 rings (SSSR count). The van der Waals surface area contributed by atoms with Crippen LogP contribution in [0.4, 0.5) is 0 Å². The van der Waals surface area contributed by atoms with Gasteiger partial charge in [-0.15, -0.1) is 0 Å². The first-order chi connectivity index (χ1) is 6.25. The lowest BCUT2D eigenvalue weighted by molar-refractivity contribution is -0.191. The molecule has 0 bridgehead atoms. The number of hydrogen-bond donors (Lipinski definition) is 6. The molecule has 0 aliphatic heterocycles. The molecule has 4 unspecified atom stereocenters. The van der Waals surface area contributed by atoms with Crippen molar-refractivity contribution < 1.29 is 35.4 Å². The predicted molar refractivity (Wildman–Crippen MR) is 43.4 cm³/mol. The van der Waals surface area contributed by atoms with Crippen LogP contribution in [0.2, 0.25) is 0 Å². The molecule has 0 aliphatic carbocycles. The Morgan fingerprint density at radius 1 is 1.36 bits per heavy atom. The molecule has 0 aromatic rings. The summed E-state index contributed by atoms with van der Waals surface area (Å²) >= 11 is 0. The summed E-state index contributed by atoms with van der Waals surface area (Å²) in [5, 5.41) is 53.2. The van der Waals surface area contributed by atoms with Crippen molar-refractivity contribution in [3.63, 3.8) is 0 Å². The van der Waals surface area contributed by atoms with Crippen LogP contribution in [0.5, 0.6) is 0 Å². The Kier molecular flexibility index (Phi) is 4.43. The molecule has 0 radical (unpaired) electrons. The van der Waals surface area contributed by atoms with Crippen molar-refractivity contribution in [1.29, 1.82) is 0 Å². The monoisotopic (exact) mass is 210 g/mol. The van der Waals surface area contributed by atoms with E-state index in [-0.39, 0.29) is 0 Å². The van der Waals surface area contributed by atoms with E-state index in [4.69, 9.17) is 20.4 Å². The van der Waals surface area contributed by atoms with E-state index in [0.717, 1.165) is 6.92 Å². The smallest absolute Gasteiger partial charge is 0.335 e. The van der Waals surface area contributed by atoms with E-state index < -0.39 is 36.5 Å². The topological polar surface area (TPSA) is 138 Å². The van der Waals surface area contributed by atoms with Gasteiger partial charge in [0.05, 0.1) is 6.61 Å². The normalized spacial score (nSPS) is 22.1. The molecule has 0 spiro atoms. The summed E-state index contributed by atoms with van der Waals surface area (Å²) in [6.07, 6.45) is -5.93. The molecule has 14 heavy (non-hydrogen) atoms. The van der Waals surface area contributed by atoms with E-state index in [1.165, 1.54) is 0 Å². The maximum absolute atomic E-state index is 10.3. The van der Waals surface area contributed by atoms with Gasteiger partial charge in [-0.3, -0.25) is 0 Å². The minimum Gasteiger partial charge on any atom is -0.479 e. The van der Waals surface area contributed by atoms with Gasteiger partial charge in [-0.2, -0.15) is 0 Å². The van der Waals surface area contributed by atoms with Gasteiger partial charge in [-0.25, -0.2) is 4.79 Å². The van der Waals surface area contributed by atoms with Gasteiger partial charge in [-0.1, -0.05) is 0 Å². The zero-order valence-corrected chi connectivity index (χ0v) is 7.53. The third-order valence-electron chi connectivity index (χ3n) is 1.94. The van der Waals surface area contributed by atoms with Gasteiger partial charge >= 0.3 is 5.97 Å². The second kappa shape index (κ2) is 4.67. The van der Waals surface area contributed by atoms with Gasteiger partial charge in [-0.05, 0) is 6.92 Å². The number of carboxylic acid groups (broad SMARTS) is 1. The average Bonchev–Trinajstić information content (AvgIpc) is 2.13. The lowest BCUT2D eigenvalue weighted by Gasteiger charge is -2.33. The SMILES string of the molecule is CC(O)(C(O)C(=O)O)C(O)C(O)CO. The molecule has 0 aliphatic rings. The minimum atomic E-state index is -2.44. The highest BCUT2D eigenvalue weighted by atomic mass is 16.4. The number of aliphatic carboxylic acids is 1. The Morgan fingerprint density at radius 3 is 2.07 bits per heavy atom. The minimum absolute atomic E-state index is 0.843. The Bertz CT molecular complexity index is 202. The maximum Gasteiger partial charge on any atom is 0.335 e. The van der Waals surface area contributed by atoms with E-state index in [1.807, 2.05) is 0 Å². The van der Waals surface area contributed by atoms with Crippen LogP contribution in [-0.2, 0) is 4.79 Å².